The molecule has 34 heavy (non-hydrogen) atoms. The molecule has 0 spiro atoms. The first-order valence-corrected chi connectivity index (χ1v) is 13.4. The number of quaternary nitrogens is 1. The van der Waals surface area contributed by atoms with Gasteiger partial charge in [0.2, 0.25) is 0 Å². The Hall–Kier alpha value is -1.89. The Labute approximate surface area is 206 Å². The first-order valence-electron chi connectivity index (χ1n) is 13.4. The number of carboxylic acids is 3. The van der Waals surface area contributed by atoms with Crippen LogP contribution in [-0.4, -0.2) is 58.8 Å². The van der Waals surface area contributed by atoms with Crippen LogP contribution < -0.4 is 5.11 Å². The lowest BCUT2D eigenvalue weighted by atomic mass is 10.0. The van der Waals surface area contributed by atoms with Crippen LogP contribution in [0.15, 0.2) is 12.2 Å². The average molecular weight is 484 g/mol. The molecule has 0 rings (SSSR count). The quantitative estimate of drug-likeness (QED) is 0.108. The van der Waals surface area contributed by atoms with Gasteiger partial charge in [-0.2, -0.15) is 0 Å². The van der Waals surface area contributed by atoms with Crippen molar-refractivity contribution in [2.45, 2.75) is 116 Å². The van der Waals surface area contributed by atoms with Crippen molar-refractivity contribution in [2.24, 2.45) is 0 Å². The first kappa shape index (κ1) is 32.1. The van der Waals surface area contributed by atoms with E-state index in [-0.39, 0.29) is 6.54 Å². The van der Waals surface area contributed by atoms with Crippen molar-refractivity contribution >= 4 is 17.9 Å². The third kappa shape index (κ3) is 20.7. The molecule has 0 aliphatic rings. The summed E-state index contributed by atoms with van der Waals surface area (Å²) in [6, 6.07) is 0. The highest BCUT2D eigenvalue weighted by molar-refractivity contribution is 5.72. The van der Waals surface area contributed by atoms with Crippen LogP contribution in [0.2, 0.25) is 0 Å². The molecule has 0 aromatic carbocycles. The van der Waals surface area contributed by atoms with Crippen LogP contribution in [0.1, 0.15) is 116 Å². The van der Waals surface area contributed by atoms with Crippen molar-refractivity contribution in [1.29, 1.82) is 0 Å². The number of carbonyl (C=O) groups excluding carboxylic acids is 1. The number of unbranched alkanes of at least 4 members (excludes halogenated alkanes) is 15. The summed E-state index contributed by atoms with van der Waals surface area (Å²) in [5.74, 6) is -3.81. The Morgan fingerprint density at radius 2 is 1.00 bits per heavy atom. The van der Waals surface area contributed by atoms with E-state index in [2.05, 4.69) is 19.1 Å². The summed E-state index contributed by atoms with van der Waals surface area (Å²) in [5.41, 5.74) is 0. The fourth-order valence-corrected chi connectivity index (χ4v) is 4.49. The molecule has 198 valence electrons. The van der Waals surface area contributed by atoms with Crippen LogP contribution in [0.4, 0.5) is 0 Å². The number of nitrogens with zero attached hydrogens (tertiary/aromatic N) is 1. The van der Waals surface area contributed by atoms with Gasteiger partial charge in [-0.3, -0.25) is 0 Å². The van der Waals surface area contributed by atoms with Crippen LogP contribution >= 0.6 is 0 Å². The van der Waals surface area contributed by atoms with Gasteiger partial charge in [0.05, 0.1) is 12.5 Å². The number of hydrogen-bond donors (Lipinski definition) is 2. The number of hydrogen-bond acceptors (Lipinski definition) is 4. The molecule has 0 atom stereocenters. The Bertz CT molecular complexity index is 535. The van der Waals surface area contributed by atoms with E-state index in [4.69, 9.17) is 10.2 Å². The monoisotopic (exact) mass is 483 g/mol. The molecule has 0 fully saturated rings. The van der Waals surface area contributed by atoms with Crippen molar-refractivity contribution in [2.75, 3.05) is 26.2 Å². The van der Waals surface area contributed by atoms with Crippen molar-refractivity contribution in [1.82, 2.24) is 0 Å². The first-order chi connectivity index (χ1) is 16.3. The molecule has 0 aromatic heterocycles. The van der Waals surface area contributed by atoms with Gasteiger partial charge in [0.1, 0.15) is 6.54 Å². The third-order valence-electron chi connectivity index (χ3n) is 6.28. The lowest BCUT2D eigenvalue weighted by Gasteiger charge is -2.36. The summed E-state index contributed by atoms with van der Waals surface area (Å²) in [6.45, 7) is 0.810. The van der Waals surface area contributed by atoms with E-state index in [9.17, 15) is 19.5 Å². The standard InChI is InChI=1S/C27H49NO6/c1-2-3-4-5-6-7-8-9-10-11-12-13-14-15-16-17-18-19-20-21-28(22-25(29)30,23-26(31)32)24-27(33)34/h4-5H,2-3,6-24H2,1H3,(H2-,29,30,31,32,33,34)/b5-4+. The molecule has 2 N–H and O–H groups in total. The fourth-order valence-electron chi connectivity index (χ4n) is 4.49. The van der Waals surface area contributed by atoms with E-state index in [0.717, 1.165) is 19.3 Å². The Morgan fingerprint density at radius 1 is 0.618 bits per heavy atom. The van der Waals surface area contributed by atoms with E-state index >= 15 is 0 Å². The van der Waals surface area contributed by atoms with Gasteiger partial charge in [-0.1, -0.05) is 96.1 Å². The molecule has 0 unspecified atom stereocenters. The number of allylic oxidation sites excluding steroid dienone is 2. The van der Waals surface area contributed by atoms with Crippen LogP contribution in [-0.2, 0) is 14.4 Å². The molecule has 0 amide bonds. The zero-order chi connectivity index (χ0) is 25.5. The summed E-state index contributed by atoms with van der Waals surface area (Å²) in [5, 5.41) is 29.3. The number of carbonyl (C=O) groups is 3. The maximum Gasteiger partial charge on any atom is 0.359 e. The predicted octanol–water partition coefficient (Wildman–Crippen LogP) is 4.93. The van der Waals surface area contributed by atoms with Gasteiger partial charge < -0.3 is 24.6 Å². The van der Waals surface area contributed by atoms with Crippen LogP contribution in [0, 0.1) is 0 Å². The highest BCUT2D eigenvalue weighted by atomic mass is 16.4. The normalized spacial score (nSPS) is 11.8. The molecule has 0 aliphatic carbocycles. The molecule has 0 saturated carbocycles. The summed E-state index contributed by atoms with van der Waals surface area (Å²) < 4.78 is -0.497. The summed E-state index contributed by atoms with van der Waals surface area (Å²) >= 11 is 0. The highest BCUT2D eigenvalue weighted by Crippen LogP contribution is 2.15. The van der Waals surface area contributed by atoms with Gasteiger partial charge in [0, 0.05) is 0 Å². The zero-order valence-corrected chi connectivity index (χ0v) is 21.5. The molecular weight excluding hydrogens is 434 g/mol. The smallest absolute Gasteiger partial charge is 0.359 e. The van der Waals surface area contributed by atoms with Gasteiger partial charge >= 0.3 is 11.9 Å². The molecule has 7 nitrogen and oxygen atoms in total. The van der Waals surface area contributed by atoms with E-state index in [1.807, 2.05) is 0 Å². The Balaban J connectivity index is 3.72. The van der Waals surface area contributed by atoms with Crippen molar-refractivity contribution in [3.8, 4) is 0 Å². The van der Waals surface area contributed by atoms with E-state index in [1.54, 1.807) is 0 Å². The summed E-state index contributed by atoms with van der Waals surface area (Å²) in [6.07, 6.45) is 24.8. The molecule has 0 aromatic rings. The maximum absolute atomic E-state index is 11.2. The summed E-state index contributed by atoms with van der Waals surface area (Å²) in [7, 11) is 0. The lowest BCUT2D eigenvalue weighted by Crippen LogP contribution is -2.59. The second-order valence-corrected chi connectivity index (χ2v) is 9.70. The number of rotatable bonds is 25. The minimum Gasteiger partial charge on any atom is -0.544 e. The highest BCUT2D eigenvalue weighted by Gasteiger charge is 2.33. The lowest BCUT2D eigenvalue weighted by molar-refractivity contribution is -0.909. The van der Waals surface area contributed by atoms with Crippen molar-refractivity contribution in [3.63, 3.8) is 0 Å². The van der Waals surface area contributed by atoms with Gasteiger partial charge in [0.15, 0.2) is 13.1 Å². The van der Waals surface area contributed by atoms with Gasteiger partial charge in [-0.15, -0.1) is 0 Å². The zero-order valence-electron chi connectivity index (χ0n) is 21.5. The minimum absolute atomic E-state index is 0.224. The SMILES string of the molecule is CCC/C=C/CCCCCCCCCCCCCCCC[N+](CC(=O)[O-])(CC(=O)O)CC(=O)O. The van der Waals surface area contributed by atoms with Crippen molar-refractivity contribution in [3.05, 3.63) is 12.2 Å². The van der Waals surface area contributed by atoms with Gasteiger partial charge in [-0.05, 0) is 32.1 Å². The van der Waals surface area contributed by atoms with Crippen LogP contribution in [0.5, 0.6) is 0 Å². The molecule has 7 heteroatoms. The molecule has 0 radical (unpaired) electrons. The minimum atomic E-state index is -1.42. The van der Waals surface area contributed by atoms with Crippen LogP contribution in [0.25, 0.3) is 0 Å². The maximum atomic E-state index is 11.2. The molecule has 0 aliphatic heterocycles. The Morgan fingerprint density at radius 3 is 1.38 bits per heavy atom. The fraction of sp³-hybridized carbons (Fsp3) is 0.815. The Kier molecular flexibility index (Phi) is 20.4. The molecule has 0 bridgehead atoms. The second kappa shape index (κ2) is 21.6. The third-order valence-corrected chi connectivity index (χ3v) is 6.28. The molecule has 0 saturated heterocycles. The summed E-state index contributed by atoms with van der Waals surface area (Å²) in [4.78, 5) is 33.4. The number of carboxylic acid groups (broad SMARTS) is 3. The van der Waals surface area contributed by atoms with Gasteiger partial charge in [-0.25, -0.2) is 9.59 Å². The topological polar surface area (TPSA) is 115 Å². The number of aliphatic carboxylic acids is 3. The average Bonchev–Trinajstić information content (AvgIpc) is 2.73. The van der Waals surface area contributed by atoms with Gasteiger partial charge in [0.25, 0.3) is 0 Å². The van der Waals surface area contributed by atoms with Crippen LogP contribution in [0.3, 0.4) is 0 Å². The van der Waals surface area contributed by atoms with Crippen molar-refractivity contribution < 1.29 is 34.2 Å². The second-order valence-electron chi connectivity index (χ2n) is 9.70. The molecule has 0 heterocycles. The van der Waals surface area contributed by atoms with E-state index in [0.29, 0.717) is 6.42 Å². The van der Waals surface area contributed by atoms with E-state index < -0.39 is 42.0 Å². The van der Waals surface area contributed by atoms with E-state index in [1.165, 1.54) is 83.5 Å². The molecular formula is C27H49NO6. The predicted molar refractivity (Wildman–Crippen MR) is 133 cm³/mol. The largest absolute Gasteiger partial charge is 0.544 e.